The standard InChI is InChI=1S/C12H14F3NO2/c1-16-4-5-18-9(6-16)12(17)7-2-3-8(13)11(15)10(7)14/h2-3,9,12,17H,4-6H2,1H3. The first-order valence-electron chi connectivity index (χ1n) is 5.62. The maximum absolute atomic E-state index is 13.5. The second kappa shape index (κ2) is 5.26. The van der Waals surface area contributed by atoms with Crippen LogP contribution in [-0.2, 0) is 4.74 Å². The molecule has 1 aliphatic heterocycles. The van der Waals surface area contributed by atoms with Crippen molar-refractivity contribution in [1.29, 1.82) is 0 Å². The monoisotopic (exact) mass is 261 g/mol. The summed E-state index contributed by atoms with van der Waals surface area (Å²) < 4.78 is 44.7. The Kier molecular flexibility index (Phi) is 3.89. The van der Waals surface area contributed by atoms with Gasteiger partial charge in [0.2, 0.25) is 0 Å². The Morgan fingerprint density at radius 3 is 2.72 bits per heavy atom. The van der Waals surface area contributed by atoms with E-state index in [0.717, 1.165) is 12.1 Å². The number of halogens is 3. The van der Waals surface area contributed by atoms with Crippen LogP contribution in [0.4, 0.5) is 13.2 Å². The molecule has 3 nitrogen and oxygen atoms in total. The van der Waals surface area contributed by atoms with Crippen LogP contribution in [0, 0.1) is 17.5 Å². The van der Waals surface area contributed by atoms with Crippen molar-refractivity contribution in [3.05, 3.63) is 35.1 Å². The number of nitrogens with zero attached hydrogens (tertiary/aromatic N) is 1. The van der Waals surface area contributed by atoms with Crippen molar-refractivity contribution in [2.75, 3.05) is 26.7 Å². The first-order valence-corrected chi connectivity index (χ1v) is 5.62. The van der Waals surface area contributed by atoms with Gasteiger partial charge in [-0.3, -0.25) is 0 Å². The quantitative estimate of drug-likeness (QED) is 0.818. The molecule has 18 heavy (non-hydrogen) atoms. The van der Waals surface area contributed by atoms with Gasteiger partial charge in [0, 0.05) is 18.7 Å². The van der Waals surface area contributed by atoms with Gasteiger partial charge in [-0.05, 0) is 13.1 Å². The summed E-state index contributed by atoms with van der Waals surface area (Å²) in [5.74, 6) is -4.21. The van der Waals surface area contributed by atoms with Crippen LogP contribution in [0.15, 0.2) is 12.1 Å². The van der Waals surface area contributed by atoms with Crippen LogP contribution < -0.4 is 0 Å². The SMILES string of the molecule is CN1CCOC(C(O)c2ccc(F)c(F)c2F)C1. The Morgan fingerprint density at radius 1 is 1.33 bits per heavy atom. The molecule has 2 atom stereocenters. The van der Waals surface area contributed by atoms with Crippen molar-refractivity contribution >= 4 is 0 Å². The number of rotatable bonds is 2. The molecule has 1 heterocycles. The number of hydrogen-bond acceptors (Lipinski definition) is 3. The number of hydrogen-bond donors (Lipinski definition) is 1. The minimum Gasteiger partial charge on any atom is -0.386 e. The van der Waals surface area contributed by atoms with Crippen molar-refractivity contribution in [2.24, 2.45) is 0 Å². The highest BCUT2D eigenvalue weighted by Gasteiger charge is 2.29. The molecule has 1 aliphatic rings. The van der Waals surface area contributed by atoms with Crippen LogP contribution >= 0.6 is 0 Å². The zero-order valence-corrected chi connectivity index (χ0v) is 9.87. The number of morpholine rings is 1. The number of aliphatic hydroxyl groups is 1. The molecule has 2 unspecified atom stereocenters. The molecular formula is C12H14F3NO2. The number of aliphatic hydroxyl groups excluding tert-OH is 1. The molecule has 1 N–H and O–H groups in total. The Morgan fingerprint density at radius 2 is 2.06 bits per heavy atom. The number of ether oxygens (including phenoxy) is 1. The van der Waals surface area contributed by atoms with Crippen LogP contribution in [0.25, 0.3) is 0 Å². The first kappa shape index (κ1) is 13.3. The third-order valence-electron chi connectivity index (χ3n) is 3.03. The molecule has 0 aromatic heterocycles. The molecule has 0 aliphatic carbocycles. The van der Waals surface area contributed by atoms with E-state index in [0.29, 0.717) is 19.7 Å². The summed E-state index contributed by atoms with van der Waals surface area (Å²) in [6.45, 7) is 1.52. The highest BCUT2D eigenvalue weighted by atomic mass is 19.2. The van der Waals surface area contributed by atoms with Gasteiger partial charge in [0.25, 0.3) is 0 Å². The summed E-state index contributed by atoms with van der Waals surface area (Å²) in [6.07, 6.45) is -1.97. The van der Waals surface area contributed by atoms with Gasteiger partial charge in [0.1, 0.15) is 12.2 Å². The van der Waals surface area contributed by atoms with Crippen LogP contribution in [0.5, 0.6) is 0 Å². The summed E-state index contributed by atoms with van der Waals surface area (Å²) in [5, 5.41) is 9.98. The molecule has 6 heteroatoms. The highest BCUT2D eigenvalue weighted by molar-refractivity contribution is 5.23. The van der Waals surface area contributed by atoms with E-state index in [2.05, 4.69) is 0 Å². The van der Waals surface area contributed by atoms with Gasteiger partial charge in [-0.1, -0.05) is 6.07 Å². The minimum absolute atomic E-state index is 0.283. The van der Waals surface area contributed by atoms with E-state index in [-0.39, 0.29) is 5.56 Å². The number of benzene rings is 1. The Labute approximate surface area is 103 Å². The predicted molar refractivity (Wildman–Crippen MR) is 58.5 cm³/mol. The first-order chi connectivity index (χ1) is 8.50. The highest BCUT2D eigenvalue weighted by Crippen LogP contribution is 2.26. The smallest absolute Gasteiger partial charge is 0.194 e. The maximum Gasteiger partial charge on any atom is 0.194 e. The summed E-state index contributed by atoms with van der Waals surface area (Å²) >= 11 is 0. The lowest BCUT2D eigenvalue weighted by atomic mass is 10.0. The van der Waals surface area contributed by atoms with Crippen LogP contribution in [0.3, 0.4) is 0 Å². The molecule has 1 saturated heterocycles. The molecule has 100 valence electrons. The lowest BCUT2D eigenvalue weighted by molar-refractivity contribution is -0.0855. The van der Waals surface area contributed by atoms with E-state index in [1.54, 1.807) is 0 Å². The van der Waals surface area contributed by atoms with Gasteiger partial charge >= 0.3 is 0 Å². The van der Waals surface area contributed by atoms with Crippen molar-refractivity contribution in [2.45, 2.75) is 12.2 Å². The Bertz CT molecular complexity index is 442. The van der Waals surface area contributed by atoms with Crippen LogP contribution in [0.2, 0.25) is 0 Å². The van der Waals surface area contributed by atoms with Gasteiger partial charge in [-0.25, -0.2) is 13.2 Å². The summed E-state index contributed by atoms with van der Waals surface area (Å²) in [7, 11) is 1.84. The largest absolute Gasteiger partial charge is 0.386 e. The Hall–Kier alpha value is -1.11. The van der Waals surface area contributed by atoms with Crippen molar-refractivity contribution in [3.8, 4) is 0 Å². The van der Waals surface area contributed by atoms with Gasteiger partial charge in [0.05, 0.1) is 6.61 Å². The maximum atomic E-state index is 13.5. The topological polar surface area (TPSA) is 32.7 Å². The number of likely N-dealkylation sites (N-methyl/N-ethyl adjacent to an activating group) is 1. The predicted octanol–water partition coefficient (Wildman–Crippen LogP) is 1.47. The summed E-state index contributed by atoms with van der Waals surface area (Å²) in [6, 6.07) is 1.83. The minimum atomic E-state index is -1.57. The molecule has 0 saturated carbocycles. The van der Waals surface area contributed by atoms with E-state index in [1.165, 1.54) is 0 Å². The average molecular weight is 261 g/mol. The lowest BCUT2D eigenvalue weighted by Crippen LogP contribution is -2.43. The molecule has 0 radical (unpaired) electrons. The van der Waals surface area contributed by atoms with E-state index in [4.69, 9.17) is 4.74 Å². The third kappa shape index (κ3) is 2.50. The second-order valence-corrected chi connectivity index (χ2v) is 4.38. The average Bonchev–Trinajstić information content (AvgIpc) is 2.35. The third-order valence-corrected chi connectivity index (χ3v) is 3.03. The molecule has 1 aromatic carbocycles. The molecule has 1 aromatic rings. The zero-order chi connectivity index (χ0) is 13.3. The lowest BCUT2D eigenvalue weighted by Gasteiger charge is -2.33. The summed E-state index contributed by atoms with van der Waals surface area (Å²) in [4.78, 5) is 1.91. The van der Waals surface area contributed by atoms with Crippen molar-refractivity contribution in [1.82, 2.24) is 4.90 Å². The van der Waals surface area contributed by atoms with Gasteiger partial charge in [-0.2, -0.15) is 0 Å². The van der Waals surface area contributed by atoms with E-state index < -0.39 is 29.7 Å². The van der Waals surface area contributed by atoms with E-state index in [1.807, 2.05) is 11.9 Å². The molecule has 0 spiro atoms. The molecular weight excluding hydrogens is 247 g/mol. The van der Waals surface area contributed by atoms with Gasteiger partial charge in [0.15, 0.2) is 17.5 Å². The molecule has 2 rings (SSSR count). The van der Waals surface area contributed by atoms with Crippen molar-refractivity contribution < 1.29 is 23.0 Å². The van der Waals surface area contributed by atoms with Gasteiger partial charge < -0.3 is 14.7 Å². The molecule has 1 fully saturated rings. The van der Waals surface area contributed by atoms with Crippen LogP contribution in [-0.4, -0.2) is 42.9 Å². The second-order valence-electron chi connectivity index (χ2n) is 4.38. The molecule has 0 amide bonds. The normalized spacial score (nSPS) is 23.1. The fraction of sp³-hybridized carbons (Fsp3) is 0.500. The van der Waals surface area contributed by atoms with E-state index in [9.17, 15) is 18.3 Å². The zero-order valence-electron chi connectivity index (χ0n) is 9.87. The fourth-order valence-corrected chi connectivity index (χ4v) is 1.97. The molecule has 0 bridgehead atoms. The van der Waals surface area contributed by atoms with Crippen molar-refractivity contribution in [3.63, 3.8) is 0 Å². The van der Waals surface area contributed by atoms with Crippen LogP contribution in [0.1, 0.15) is 11.7 Å². The van der Waals surface area contributed by atoms with E-state index >= 15 is 0 Å². The van der Waals surface area contributed by atoms with Gasteiger partial charge in [-0.15, -0.1) is 0 Å². The Balaban J connectivity index is 2.23. The fourth-order valence-electron chi connectivity index (χ4n) is 1.97. The summed E-state index contributed by atoms with van der Waals surface area (Å²) in [5.41, 5.74) is -0.283.